The summed E-state index contributed by atoms with van der Waals surface area (Å²) in [7, 11) is 0. The lowest BCUT2D eigenvalue weighted by atomic mass is 10.0. The molecule has 0 fully saturated rings. The van der Waals surface area contributed by atoms with Crippen molar-refractivity contribution in [2.75, 3.05) is 6.61 Å². The maximum absolute atomic E-state index is 5.46. The monoisotopic (exact) mass is 138 g/mol. The number of ether oxygens (including phenoxy) is 1. The molecule has 1 aliphatic carbocycles. The highest BCUT2D eigenvalue weighted by Crippen LogP contribution is 2.14. The molecule has 0 radical (unpaired) electrons. The maximum atomic E-state index is 5.46. The smallest absolute Gasteiger partial charge is 0.0818 e. The summed E-state index contributed by atoms with van der Waals surface area (Å²) in [6, 6.07) is 0. The van der Waals surface area contributed by atoms with Gasteiger partial charge in [-0.05, 0) is 6.92 Å². The Kier molecular flexibility index (Phi) is 2.69. The summed E-state index contributed by atoms with van der Waals surface area (Å²) in [4.78, 5) is 0. The van der Waals surface area contributed by atoms with E-state index in [2.05, 4.69) is 25.2 Å². The van der Waals surface area contributed by atoms with Gasteiger partial charge in [-0.1, -0.05) is 31.2 Å². The Morgan fingerprint density at radius 2 is 2.00 bits per heavy atom. The highest BCUT2D eigenvalue weighted by Gasteiger charge is 2.12. The second-order valence-corrected chi connectivity index (χ2v) is 2.55. The van der Waals surface area contributed by atoms with E-state index in [1.54, 1.807) is 0 Å². The van der Waals surface area contributed by atoms with Crippen molar-refractivity contribution in [1.82, 2.24) is 0 Å². The van der Waals surface area contributed by atoms with Gasteiger partial charge in [0, 0.05) is 12.5 Å². The Labute approximate surface area is 62.4 Å². The van der Waals surface area contributed by atoms with Crippen LogP contribution in [0, 0.1) is 5.92 Å². The van der Waals surface area contributed by atoms with Crippen molar-refractivity contribution < 1.29 is 4.74 Å². The molecular weight excluding hydrogens is 124 g/mol. The van der Waals surface area contributed by atoms with Crippen LogP contribution in [-0.2, 0) is 4.74 Å². The van der Waals surface area contributed by atoms with Crippen molar-refractivity contribution in [3.63, 3.8) is 0 Å². The van der Waals surface area contributed by atoms with E-state index in [9.17, 15) is 0 Å². The van der Waals surface area contributed by atoms with Crippen LogP contribution in [0.15, 0.2) is 24.3 Å². The van der Waals surface area contributed by atoms with Crippen LogP contribution in [-0.4, -0.2) is 12.7 Å². The first-order chi connectivity index (χ1) is 4.84. The van der Waals surface area contributed by atoms with Gasteiger partial charge in [0.25, 0.3) is 0 Å². The number of rotatable bonds is 2. The van der Waals surface area contributed by atoms with Crippen molar-refractivity contribution in [3.05, 3.63) is 24.3 Å². The average molecular weight is 138 g/mol. The zero-order valence-electron chi connectivity index (χ0n) is 6.58. The molecule has 0 aromatic heterocycles. The molecule has 1 heteroatoms. The molecule has 0 amide bonds. The minimum absolute atomic E-state index is 0.301. The largest absolute Gasteiger partial charge is 0.374 e. The summed E-state index contributed by atoms with van der Waals surface area (Å²) in [5, 5.41) is 0. The van der Waals surface area contributed by atoms with Crippen LogP contribution in [0.1, 0.15) is 13.8 Å². The summed E-state index contributed by atoms with van der Waals surface area (Å²) in [5.41, 5.74) is 0. The first kappa shape index (κ1) is 7.55. The molecule has 0 aliphatic heterocycles. The fourth-order valence-corrected chi connectivity index (χ4v) is 1.10. The summed E-state index contributed by atoms with van der Waals surface area (Å²) >= 11 is 0. The molecule has 0 spiro atoms. The minimum atomic E-state index is 0.301. The summed E-state index contributed by atoms with van der Waals surface area (Å²) in [5.74, 6) is 0.532. The van der Waals surface area contributed by atoms with E-state index in [1.807, 2.05) is 13.0 Å². The fraction of sp³-hybridized carbons (Fsp3) is 0.556. The van der Waals surface area contributed by atoms with E-state index in [1.165, 1.54) is 0 Å². The second kappa shape index (κ2) is 3.57. The van der Waals surface area contributed by atoms with Gasteiger partial charge in [-0.25, -0.2) is 0 Å². The van der Waals surface area contributed by atoms with Crippen LogP contribution in [0.25, 0.3) is 0 Å². The maximum Gasteiger partial charge on any atom is 0.0818 e. The van der Waals surface area contributed by atoms with Gasteiger partial charge in [-0.3, -0.25) is 0 Å². The Bertz CT molecular complexity index is 147. The Balaban J connectivity index is 2.44. The topological polar surface area (TPSA) is 9.23 Å². The van der Waals surface area contributed by atoms with Gasteiger partial charge in [-0.2, -0.15) is 0 Å². The van der Waals surface area contributed by atoms with Crippen molar-refractivity contribution in [3.8, 4) is 0 Å². The van der Waals surface area contributed by atoms with Gasteiger partial charge in [0.2, 0.25) is 0 Å². The lowest BCUT2D eigenvalue weighted by Crippen LogP contribution is -2.19. The first-order valence-corrected chi connectivity index (χ1v) is 3.81. The normalized spacial score (nSPS) is 31.0. The number of allylic oxidation sites excluding steroid dienone is 2. The van der Waals surface area contributed by atoms with E-state index in [-0.39, 0.29) is 0 Å². The molecule has 1 nitrogen and oxygen atoms in total. The molecule has 2 atom stereocenters. The third-order valence-electron chi connectivity index (χ3n) is 1.70. The SMILES string of the molecule is CCOC1C=CC=C[C@H]1C. The first-order valence-electron chi connectivity index (χ1n) is 3.81. The zero-order valence-corrected chi connectivity index (χ0v) is 6.58. The summed E-state index contributed by atoms with van der Waals surface area (Å²) < 4.78 is 5.46. The molecule has 0 saturated carbocycles. The molecule has 0 heterocycles. The molecule has 0 aromatic carbocycles. The molecule has 0 saturated heterocycles. The summed E-state index contributed by atoms with van der Waals surface area (Å²) in [6.45, 7) is 4.99. The van der Waals surface area contributed by atoms with Crippen LogP contribution < -0.4 is 0 Å². The van der Waals surface area contributed by atoms with Crippen LogP contribution >= 0.6 is 0 Å². The van der Waals surface area contributed by atoms with Crippen molar-refractivity contribution in [2.24, 2.45) is 5.92 Å². The van der Waals surface area contributed by atoms with Crippen LogP contribution in [0.2, 0.25) is 0 Å². The average Bonchev–Trinajstić information content (AvgIpc) is 1.94. The third kappa shape index (κ3) is 1.71. The Hall–Kier alpha value is -0.560. The second-order valence-electron chi connectivity index (χ2n) is 2.55. The van der Waals surface area contributed by atoms with E-state index >= 15 is 0 Å². The van der Waals surface area contributed by atoms with Crippen LogP contribution in [0.5, 0.6) is 0 Å². The molecule has 0 bridgehead atoms. The van der Waals surface area contributed by atoms with E-state index in [0.29, 0.717) is 12.0 Å². The highest BCUT2D eigenvalue weighted by atomic mass is 16.5. The van der Waals surface area contributed by atoms with Gasteiger partial charge in [-0.15, -0.1) is 0 Å². The third-order valence-corrected chi connectivity index (χ3v) is 1.70. The quantitative estimate of drug-likeness (QED) is 0.568. The van der Waals surface area contributed by atoms with Gasteiger partial charge >= 0.3 is 0 Å². The van der Waals surface area contributed by atoms with Gasteiger partial charge in [0.05, 0.1) is 6.10 Å². The number of hydrogen-bond donors (Lipinski definition) is 0. The van der Waals surface area contributed by atoms with Crippen molar-refractivity contribution >= 4 is 0 Å². The van der Waals surface area contributed by atoms with Crippen LogP contribution in [0.3, 0.4) is 0 Å². The predicted molar refractivity (Wildman–Crippen MR) is 42.9 cm³/mol. The highest BCUT2D eigenvalue weighted by molar-refractivity contribution is 5.14. The van der Waals surface area contributed by atoms with Crippen molar-refractivity contribution in [2.45, 2.75) is 20.0 Å². The predicted octanol–water partition coefficient (Wildman–Crippen LogP) is 2.15. The number of hydrogen-bond acceptors (Lipinski definition) is 1. The summed E-state index contributed by atoms with van der Waals surface area (Å²) in [6.07, 6.45) is 8.68. The minimum Gasteiger partial charge on any atom is -0.374 e. The molecule has 0 aromatic rings. The lowest BCUT2D eigenvalue weighted by molar-refractivity contribution is 0.0717. The molecule has 10 heavy (non-hydrogen) atoms. The van der Waals surface area contributed by atoms with Gasteiger partial charge in [0.15, 0.2) is 0 Å². The van der Waals surface area contributed by atoms with E-state index in [0.717, 1.165) is 6.61 Å². The molecule has 0 N–H and O–H groups in total. The Morgan fingerprint density at radius 3 is 2.60 bits per heavy atom. The van der Waals surface area contributed by atoms with E-state index < -0.39 is 0 Å². The van der Waals surface area contributed by atoms with Crippen LogP contribution in [0.4, 0.5) is 0 Å². The van der Waals surface area contributed by atoms with Crippen molar-refractivity contribution in [1.29, 1.82) is 0 Å². The van der Waals surface area contributed by atoms with E-state index in [4.69, 9.17) is 4.74 Å². The molecule has 1 aliphatic rings. The molecule has 1 rings (SSSR count). The zero-order chi connectivity index (χ0) is 7.40. The fourth-order valence-electron chi connectivity index (χ4n) is 1.10. The standard InChI is InChI=1S/C9H14O/c1-3-10-9-7-5-4-6-8(9)2/h4-9H,3H2,1-2H3/t8-,9?/m1/s1. The molecule has 56 valence electrons. The Morgan fingerprint density at radius 1 is 1.30 bits per heavy atom. The molecule has 1 unspecified atom stereocenters. The lowest BCUT2D eigenvalue weighted by Gasteiger charge is -2.19. The van der Waals surface area contributed by atoms with Gasteiger partial charge in [0.1, 0.15) is 0 Å². The molecular formula is C9H14O. The van der Waals surface area contributed by atoms with Gasteiger partial charge < -0.3 is 4.74 Å².